The summed E-state index contributed by atoms with van der Waals surface area (Å²) in [6.07, 6.45) is 0. The Morgan fingerprint density at radius 2 is 1.62 bits per heavy atom. The minimum Gasteiger partial charge on any atom is -0.493 e. The zero-order valence-electron chi connectivity index (χ0n) is 19.6. The first-order valence-corrected chi connectivity index (χ1v) is 12.6. The second-order valence-electron chi connectivity index (χ2n) is 8.30. The van der Waals surface area contributed by atoms with Crippen LogP contribution >= 0.6 is 0 Å². The zero-order valence-corrected chi connectivity index (χ0v) is 20.4. The fourth-order valence-electron chi connectivity index (χ4n) is 4.16. The predicted molar refractivity (Wildman–Crippen MR) is 131 cm³/mol. The molecule has 1 aliphatic rings. The summed E-state index contributed by atoms with van der Waals surface area (Å²) in [7, 11) is 1.30. The number of sulfonamides is 1. The fraction of sp³-hybridized carbons (Fsp3) is 0.308. The number of hydroxylamine groups is 2. The van der Waals surface area contributed by atoms with E-state index < -0.39 is 21.3 Å². The predicted octanol–water partition coefficient (Wildman–Crippen LogP) is 4.02. The Morgan fingerprint density at radius 1 is 0.971 bits per heavy atom. The molecule has 8 heteroatoms. The molecular formula is C26H30N2O5S. The molecule has 180 valence electrons. The summed E-state index contributed by atoms with van der Waals surface area (Å²) in [5.74, 6) is 1.14. The Bertz CT molecular complexity index is 1190. The summed E-state index contributed by atoms with van der Waals surface area (Å²) in [5, 5.41) is 0.850. The van der Waals surface area contributed by atoms with Gasteiger partial charge in [0.25, 0.3) is 0 Å². The molecule has 2 atom stereocenters. The van der Waals surface area contributed by atoms with Gasteiger partial charge in [-0.2, -0.15) is 5.06 Å². The maximum atomic E-state index is 13.5. The van der Waals surface area contributed by atoms with E-state index in [2.05, 4.69) is 0 Å². The van der Waals surface area contributed by atoms with E-state index in [0.29, 0.717) is 24.7 Å². The number of benzene rings is 3. The van der Waals surface area contributed by atoms with Crippen LogP contribution in [0.4, 0.5) is 0 Å². The van der Waals surface area contributed by atoms with Gasteiger partial charge in [0.1, 0.15) is 11.9 Å². The van der Waals surface area contributed by atoms with Gasteiger partial charge in [-0.15, -0.1) is 0 Å². The average molecular weight is 483 g/mol. The van der Waals surface area contributed by atoms with Gasteiger partial charge >= 0.3 is 0 Å². The molecule has 1 fully saturated rings. The molecular weight excluding hydrogens is 452 g/mol. The summed E-state index contributed by atoms with van der Waals surface area (Å²) in [4.78, 5) is 5.70. The molecule has 0 radical (unpaired) electrons. The first-order valence-electron chi connectivity index (χ1n) is 11.1. The number of hydrogen-bond donors (Lipinski definition) is 0. The number of nitrogens with zero attached hydrogens (tertiary/aromatic N) is 2. The lowest BCUT2D eigenvalue weighted by Crippen LogP contribution is -2.40. The molecule has 1 saturated heterocycles. The van der Waals surface area contributed by atoms with E-state index >= 15 is 0 Å². The highest BCUT2D eigenvalue weighted by Crippen LogP contribution is 2.39. The molecule has 2 unspecified atom stereocenters. The number of methoxy groups -OCH3 is 1. The summed E-state index contributed by atoms with van der Waals surface area (Å²) in [6.45, 7) is 0.748. The van der Waals surface area contributed by atoms with Crippen molar-refractivity contribution in [2.45, 2.75) is 24.4 Å². The molecule has 1 heterocycles. The van der Waals surface area contributed by atoms with Gasteiger partial charge in [0, 0.05) is 20.6 Å². The van der Waals surface area contributed by atoms with Crippen molar-refractivity contribution in [3.05, 3.63) is 95.6 Å². The first kappa shape index (κ1) is 24.2. The standard InChI is InChI=1S/C26H30N2O5S/c1-27(17-20-10-6-4-7-11-20)34(29,30)25-19-33-28(2)26(25)22-14-15-23(31-3)24(16-22)32-18-21-12-8-5-9-13-21/h4-16,25-26H,17-19H2,1-3H3. The van der Waals surface area contributed by atoms with E-state index in [9.17, 15) is 8.42 Å². The third kappa shape index (κ3) is 5.26. The molecule has 7 nitrogen and oxygen atoms in total. The number of rotatable bonds is 9. The highest BCUT2D eigenvalue weighted by molar-refractivity contribution is 7.89. The molecule has 0 aromatic heterocycles. The van der Waals surface area contributed by atoms with Gasteiger partial charge in [0.05, 0.1) is 19.8 Å². The smallest absolute Gasteiger partial charge is 0.221 e. The van der Waals surface area contributed by atoms with Crippen molar-refractivity contribution in [3.63, 3.8) is 0 Å². The Morgan fingerprint density at radius 3 is 2.26 bits per heavy atom. The van der Waals surface area contributed by atoms with Crippen LogP contribution in [0.25, 0.3) is 0 Å². The van der Waals surface area contributed by atoms with Crippen molar-refractivity contribution in [1.29, 1.82) is 0 Å². The lowest BCUT2D eigenvalue weighted by molar-refractivity contribution is -0.110. The maximum absolute atomic E-state index is 13.5. The summed E-state index contributed by atoms with van der Waals surface area (Å²) >= 11 is 0. The third-order valence-electron chi connectivity index (χ3n) is 6.02. The second kappa shape index (κ2) is 10.6. The van der Waals surface area contributed by atoms with E-state index in [1.165, 1.54) is 4.31 Å². The van der Waals surface area contributed by atoms with E-state index in [4.69, 9.17) is 14.3 Å². The van der Waals surface area contributed by atoms with Crippen molar-refractivity contribution in [3.8, 4) is 11.5 Å². The van der Waals surface area contributed by atoms with Crippen LogP contribution in [0.3, 0.4) is 0 Å². The van der Waals surface area contributed by atoms with Gasteiger partial charge < -0.3 is 9.47 Å². The molecule has 0 N–H and O–H groups in total. The van der Waals surface area contributed by atoms with Gasteiger partial charge in [0.15, 0.2) is 11.5 Å². The van der Waals surface area contributed by atoms with Crippen LogP contribution in [-0.4, -0.2) is 50.8 Å². The first-order chi connectivity index (χ1) is 16.4. The lowest BCUT2D eigenvalue weighted by Gasteiger charge is -2.27. The maximum Gasteiger partial charge on any atom is 0.221 e. The van der Waals surface area contributed by atoms with Crippen molar-refractivity contribution < 1.29 is 22.7 Å². The van der Waals surface area contributed by atoms with Crippen LogP contribution in [0.5, 0.6) is 11.5 Å². The Kier molecular flexibility index (Phi) is 7.53. The Labute approximate surface area is 201 Å². The van der Waals surface area contributed by atoms with E-state index in [1.54, 1.807) is 32.3 Å². The molecule has 3 aromatic rings. The molecule has 0 saturated carbocycles. The van der Waals surface area contributed by atoms with Crippen molar-refractivity contribution >= 4 is 10.0 Å². The van der Waals surface area contributed by atoms with Crippen LogP contribution < -0.4 is 9.47 Å². The molecule has 0 bridgehead atoms. The molecule has 1 aliphatic heterocycles. The molecule has 34 heavy (non-hydrogen) atoms. The van der Waals surface area contributed by atoms with Crippen LogP contribution in [0, 0.1) is 0 Å². The highest BCUT2D eigenvalue weighted by Gasteiger charge is 2.45. The topological polar surface area (TPSA) is 68.3 Å². The van der Waals surface area contributed by atoms with Crippen LogP contribution in [0.15, 0.2) is 78.9 Å². The number of ether oxygens (including phenoxy) is 2. The normalized spacial score (nSPS) is 18.8. The summed E-state index contributed by atoms with van der Waals surface area (Å²) in [5.41, 5.74) is 2.74. The lowest BCUT2D eigenvalue weighted by atomic mass is 10.0. The average Bonchev–Trinajstić information content (AvgIpc) is 3.26. The Hall–Kier alpha value is -2.91. The van der Waals surface area contributed by atoms with Gasteiger partial charge in [0.2, 0.25) is 10.0 Å². The van der Waals surface area contributed by atoms with Gasteiger partial charge in [-0.05, 0) is 28.8 Å². The minimum atomic E-state index is -3.66. The molecule has 0 spiro atoms. The van der Waals surface area contributed by atoms with Crippen molar-refractivity contribution in [2.24, 2.45) is 0 Å². The quantitative estimate of drug-likeness (QED) is 0.459. The largest absolute Gasteiger partial charge is 0.493 e. The van der Waals surface area contributed by atoms with Crippen LogP contribution in [0.1, 0.15) is 22.7 Å². The Balaban J connectivity index is 1.58. The van der Waals surface area contributed by atoms with Gasteiger partial charge in [-0.25, -0.2) is 12.7 Å². The van der Waals surface area contributed by atoms with Crippen LogP contribution in [-0.2, 0) is 28.0 Å². The minimum absolute atomic E-state index is 0.0782. The van der Waals surface area contributed by atoms with Crippen LogP contribution in [0.2, 0.25) is 0 Å². The monoisotopic (exact) mass is 482 g/mol. The summed E-state index contributed by atoms with van der Waals surface area (Å²) in [6, 6.07) is 24.4. The summed E-state index contributed by atoms with van der Waals surface area (Å²) < 4.78 is 40.0. The fourth-order valence-corrected chi connectivity index (χ4v) is 5.84. The highest BCUT2D eigenvalue weighted by atomic mass is 32.2. The van der Waals surface area contributed by atoms with Crippen molar-refractivity contribution in [1.82, 2.24) is 9.37 Å². The number of hydrogen-bond acceptors (Lipinski definition) is 6. The van der Waals surface area contributed by atoms with Crippen molar-refractivity contribution in [2.75, 3.05) is 27.8 Å². The molecule has 4 rings (SSSR count). The van der Waals surface area contributed by atoms with Gasteiger partial charge in [-0.1, -0.05) is 66.7 Å². The SMILES string of the molecule is COc1ccc(C2C(S(=O)(=O)N(C)Cc3ccccc3)CON2C)cc1OCc1ccccc1. The second-order valence-corrected chi connectivity index (χ2v) is 10.6. The van der Waals surface area contributed by atoms with Gasteiger partial charge in [-0.3, -0.25) is 4.84 Å². The van der Waals surface area contributed by atoms with E-state index in [0.717, 1.165) is 16.7 Å². The van der Waals surface area contributed by atoms with E-state index in [1.807, 2.05) is 72.8 Å². The molecule has 3 aromatic carbocycles. The zero-order chi connectivity index (χ0) is 24.1. The molecule has 0 amide bonds. The third-order valence-corrected chi connectivity index (χ3v) is 8.17. The van der Waals surface area contributed by atoms with E-state index in [-0.39, 0.29) is 6.61 Å². The molecule has 0 aliphatic carbocycles.